The van der Waals surface area contributed by atoms with Gasteiger partial charge in [-0.1, -0.05) is 6.07 Å². The van der Waals surface area contributed by atoms with E-state index in [1.807, 2.05) is 6.92 Å². The van der Waals surface area contributed by atoms with Crippen LogP contribution in [0.2, 0.25) is 0 Å². The quantitative estimate of drug-likeness (QED) is 0.600. The van der Waals surface area contributed by atoms with Crippen LogP contribution in [-0.4, -0.2) is 12.7 Å². The first-order valence-corrected chi connectivity index (χ1v) is 5.12. The van der Waals surface area contributed by atoms with Crippen LogP contribution in [0.3, 0.4) is 0 Å². The Morgan fingerprint density at radius 2 is 2.12 bits per heavy atom. The summed E-state index contributed by atoms with van der Waals surface area (Å²) in [5.74, 6) is 4.11. The van der Waals surface area contributed by atoms with Crippen molar-refractivity contribution < 1.29 is 13.5 Å². The van der Waals surface area contributed by atoms with E-state index >= 15 is 0 Å². The first-order chi connectivity index (χ1) is 7.60. The highest BCUT2D eigenvalue weighted by atomic mass is 19.1. The third-order valence-electron chi connectivity index (χ3n) is 2.38. The summed E-state index contributed by atoms with van der Waals surface area (Å²) < 4.78 is 31.6. The van der Waals surface area contributed by atoms with E-state index in [1.54, 1.807) is 6.92 Å². The Kier molecular flexibility index (Phi) is 4.79. The number of hydrogen-bond donors (Lipinski definition) is 2. The highest BCUT2D eigenvalue weighted by Crippen LogP contribution is 2.22. The third kappa shape index (κ3) is 2.98. The van der Waals surface area contributed by atoms with Gasteiger partial charge in [0, 0.05) is 18.2 Å². The molecule has 0 saturated carbocycles. The molecule has 0 radical (unpaired) electrons. The summed E-state index contributed by atoms with van der Waals surface area (Å²) in [4.78, 5) is 0. The first kappa shape index (κ1) is 13.0. The van der Waals surface area contributed by atoms with Crippen molar-refractivity contribution in [3.05, 3.63) is 35.4 Å². The second-order valence-electron chi connectivity index (χ2n) is 3.47. The highest BCUT2D eigenvalue weighted by Gasteiger charge is 2.21. The van der Waals surface area contributed by atoms with Gasteiger partial charge in [0.2, 0.25) is 0 Å². The molecule has 0 bridgehead atoms. The summed E-state index contributed by atoms with van der Waals surface area (Å²) in [7, 11) is 0. The van der Waals surface area contributed by atoms with Gasteiger partial charge in [0.05, 0.1) is 12.1 Å². The maximum absolute atomic E-state index is 13.5. The van der Waals surface area contributed by atoms with Crippen molar-refractivity contribution >= 4 is 0 Å². The number of ether oxygens (including phenoxy) is 1. The maximum atomic E-state index is 13.5. The average Bonchev–Trinajstić information content (AvgIpc) is 2.22. The fourth-order valence-corrected chi connectivity index (χ4v) is 1.59. The molecule has 3 nitrogen and oxygen atoms in total. The zero-order valence-electron chi connectivity index (χ0n) is 9.34. The van der Waals surface area contributed by atoms with Crippen LogP contribution < -0.4 is 11.3 Å². The van der Waals surface area contributed by atoms with Crippen LogP contribution in [-0.2, 0) is 4.74 Å². The first-order valence-electron chi connectivity index (χ1n) is 5.12. The van der Waals surface area contributed by atoms with E-state index in [2.05, 4.69) is 5.43 Å². The van der Waals surface area contributed by atoms with Gasteiger partial charge in [-0.2, -0.15) is 0 Å². The molecule has 1 aromatic carbocycles. The number of nitrogens with one attached hydrogen (secondary N) is 1. The molecule has 0 aliphatic carbocycles. The standard InChI is InChI=1S/C11H16F2N2O/c1-3-16-7(2)11(15-14)9-5-4-8(12)6-10(9)13/h4-7,11,15H,3,14H2,1-2H3. The number of hydrogen-bond acceptors (Lipinski definition) is 3. The zero-order valence-corrected chi connectivity index (χ0v) is 9.34. The van der Waals surface area contributed by atoms with Crippen molar-refractivity contribution in [2.24, 2.45) is 5.84 Å². The number of halogens is 2. The fourth-order valence-electron chi connectivity index (χ4n) is 1.59. The lowest BCUT2D eigenvalue weighted by molar-refractivity contribution is 0.0462. The molecule has 3 N–H and O–H groups in total. The second-order valence-corrected chi connectivity index (χ2v) is 3.47. The molecule has 0 saturated heterocycles. The summed E-state index contributed by atoms with van der Waals surface area (Å²) in [6, 6.07) is 2.89. The van der Waals surface area contributed by atoms with E-state index in [0.717, 1.165) is 6.07 Å². The van der Waals surface area contributed by atoms with Crippen molar-refractivity contribution in [2.75, 3.05) is 6.61 Å². The van der Waals surface area contributed by atoms with Crippen LogP contribution in [0.1, 0.15) is 25.5 Å². The normalized spacial score (nSPS) is 14.8. The Morgan fingerprint density at radius 1 is 1.44 bits per heavy atom. The molecule has 0 aromatic heterocycles. The third-order valence-corrected chi connectivity index (χ3v) is 2.38. The number of rotatable bonds is 5. The number of nitrogens with two attached hydrogens (primary N) is 1. The minimum atomic E-state index is -0.630. The smallest absolute Gasteiger partial charge is 0.131 e. The van der Waals surface area contributed by atoms with Crippen molar-refractivity contribution in [3.63, 3.8) is 0 Å². The monoisotopic (exact) mass is 230 g/mol. The van der Waals surface area contributed by atoms with Gasteiger partial charge >= 0.3 is 0 Å². The summed E-state index contributed by atoms with van der Waals surface area (Å²) in [6.07, 6.45) is -0.296. The van der Waals surface area contributed by atoms with E-state index in [-0.39, 0.29) is 6.10 Å². The van der Waals surface area contributed by atoms with Crippen molar-refractivity contribution in [1.29, 1.82) is 0 Å². The molecule has 0 amide bonds. The van der Waals surface area contributed by atoms with Crippen LogP contribution in [0.5, 0.6) is 0 Å². The van der Waals surface area contributed by atoms with Crippen LogP contribution in [0, 0.1) is 11.6 Å². The van der Waals surface area contributed by atoms with Crippen LogP contribution in [0.4, 0.5) is 8.78 Å². The Labute approximate surface area is 93.6 Å². The molecular formula is C11H16F2N2O. The van der Waals surface area contributed by atoms with Crippen LogP contribution in [0.15, 0.2) is 18.2 Å². The summed E-state index contributed by atoms with van der Waals surface area (Å²) in [6.45, 7) is 4.12. The Morgan fingerprint density at radius 3 is 2.62 bits per heavy atom. The van der Waals surface area contributed by atoms with Gasteiger partial charge in [0.15, 0.2) is 0 Å². The molecule has 1 aromatic rings. The van der Waals surface area contributed by atoms with Gasteiger partial charge in [-0.05, 0) is 19.9 Å². The summed E-state index contributed by atoms with van der Waals surface area (Å²) in [5, 5.41) is 0. The molecule has 0 heterocycles. The second kappa shape index (κ2) is 5.89. The topological polar surface area (TPSA) is 47.3 Å². The zero-order chi connectivity index (χ0) is 12.1. The molecule has 90 valence electrons. The minimum absolute atomic E-state index is 0.296. The average molecular weight is 230 g/mol. The predicted molar refractivity (Wildman–Crippen MR) is 57.5 cm³/mol. The summed E-state index contributed by atoms with van der Waals surface area (Å²) >= 11 is 0. The Bertz CT molecular complexity index is 347. The molecule has 16 heavy (non-hydrogen) atoms. The molecule has 2 atom stereocenters. The Balaban J connectivity index is 2.94. The lowest BCUT2D eigenvalue weighted by Gasteiger charge is -2.23. The fraction of sp³-hybridized carbons (Fsp3) is 0.455. The van der Waals surface area contributed by atoms with Crippen LogP contribution >= 0.6 is 0 Å². The van der Waals surface area contributed by atoms with E-state index in [9.17, 15) is 8.78 Å². The molecule has 0 aliphatic rings. The predicted octanol–water partition coefficient (Wildman–Crippen LogP) is 1.89. The lowest BCUT2D eigenvalue weighted by atomic mass is 10.0. The Hall–Kier alpha value is -1.04. The van der Waals surface area contributed by atoms with Gasteiger partial charge in [0.25, 0.3) is 0 Å². The molecule has 2 unspecified atom stereocenters. The minimum Gasteiger partial charge on any atom is -0.377 e. The molecule has 0 aliphatic heterocycles. The van der Waals surface area contributed by atoms with E-state index in [4.69, 9.17) is 10.6 Å². The van der Waals surface area contributed by atoms with Crippen LogP contribution in [0.25, 0.3) is 0 Å². The molecule has 5 heteroatoms. The van der Waals surface area contributed by atoms with Gasteiger partial charge in [-0.25, -0.2) is 8.78 Å². The van der Waals surface area contributed by atoms with E-state index in [0.29, 0.717) is 12.2 Å². The van der Waals surface area contributed by atoms with Crippen molar-refractivity contribution in [2.45, 2.75) is 26.0 Å². The molecule has 0 fully saturated rings. The number of hydrazine groups is 1. The summed E-state index contributed by atoms with van der Waals surface area (Å²) in [5.41, 5.74) is 2.77. The maximum Gasteiger partial charge on any atom is 0.131 e. The van der Waals surface area contributed by atoms with Gasteiger partial charge < -0.3 is 4.74 Å². The molecular weight excluding hydrogens is 214 g/mol. The number of benzene rings is 1. The highest BCUT2D eigenvalue weighted by molar-refractivity contribution is 5.23. The van der Waals surface area contributed by atoms with E-state index in [1.165, 1.54) is 12.1 Å². The lowest BCUT2D eigenvalue weighted by Crippen LogP contribution is -2.37. The van der Waals surface area contributed by atoms with Gasteiger partial charge in [-0.3, -0.25) is 11.3 Å². The largest absolute Gasteiger partial charge is 0.377 e. The van der Waals surface area contributed by atoms with E-state index < -0.39 is 17.7 Å². The van der Waals surface area contributed by atoms with Crippen molar-refractivity contribution in [3.8, 4) is 0 Å². The molecule has 0 spiro atoms. The molecule has 1 rings (SSSR count). The SMILES string of the molecule is CCOC(C)C(NN)c1ccc(F)cc1F. The van der Waals surface area contributed by atoms with Crippen molar-refractivity contribution in [1.82, 2.24) is 5.43 Å². The van der Waals surface area contributed by atoms with Gasteiger partial charge in [0.1, 0.15) is 11.6 Å². The van der Waals surface area contributed by atoms with Gasteiger partial charge in [-0.15, -0.1) is 0 Å².